The second kappa shape index (κ2) is 3.26. The quantitative estimate of drug-likeness (QED) is 0.541. The molecule has 0 N–H and O–H groups in total. The molecule has 0 spiro atoms. The first kappa shape index (κ1) is 8.96. The molecule has 0 aromatic heterocycles. The minimum absolute atomic E-state index is 0.424. The van der Waals surface area contributed by atoms with Crippen LogP contribution < -0.4 is 0 Å². The summed E-state index contributed by atoms with van der Waals surface area (Å²) < 4.78 is 0. The van der Waals surface area contributed by atoms with E-state index in [9.17, 15) is 0 Å². The molecule has 3 rings (SSSR count). The molecular weight excluding hydrogens is 188 g/mol. The van der Waals surface area contributed by atoms with Crippen molar-refractivity contribution in [3.63, 3.8) is 0 Å². The van der Waals surface area contributed by atoms with E-state index in [1.54, 1.807) is 4.91 Å². The van der Waals surface area contributed by atoms with Crippen LogP contribution in [0.2, 0.25) is 0 Å². The summed E-state index contributed by atoms with van der Waals surface area (Å²) in [5, 5.41) is 1.11. The Morgan fingerprint density at radius 1 is 1.50 bits per heavy atom. The first-order chi connectivity index (χ1) is 5.72. The normalized spacial score (nSPS) is 50.1. The Balaban J connectivity index is 2.20. The van der Waals surface area contributed by atoms with Crippen LogP contribution in [-0.4, -0.2) is 10.6 Å². The highest BCUT2D eigenvalue weighted by Crippen LogP contribution is 2.52. The summed E-state index contributed by atoms with van der Waals surface area (Å²) in [7, 11) is 0. The van der Waals surface area contributed by atoms with Gasteiger partial charge >= 0.3 is 0 Å². The van der Waals surface area contributed by atoms with Crippen molar-refractivity contribution in [2.75, 3.05) is 0 Å². The zero-order valence-electron chi connectivity index (χ0n) is 7.59. The van der Waals surface area contributed by atoms with Gasteiger partial charge in [0.15, 0.2) is 0 Å². The fourth-order valence-corrected chi connectivity index (χ4v) is 4.48. The molecule has 1 unspecified atom stereocenters. The van der Waals surface area contributed by atoms with Gasteiger partial charge in [0.2, 0.25) is 0 Å². The van der Waals surface area contributed by atoms with E-state index in [1.807, 2.05) is 11.8 Å². The SMILES string of the molecule is C/C=C1/S[C@H]2C(C)C[C@@H]1C[C@@H]2Cl. The fraction of sp³-hybridized carbons (Fsp3) is 0.800. The van der Waals surface area contributed by atoms with Crippen LogP contribution in [0.3, 0.4) is 0 Å². The number of fused-ring (bicyclic) bond motifs is 3. The molecule has 0 aromatic carbocycles. The molecular formula is C10H15ClS. The van der Waals surface area contributed by atoms with Gasteiger partial charge in [-0.25, -0.2) is 0 Å². The van der Waals surface area contributed by atoms with Gasteiger partial charge in [0, 0.05) is 10.6 Å². The molecule has 68 valence electrons. The second-order valence-electron chi connectivity index (χ2n) is 3.94. The number of hydrogen-bond acceptors (Lipinski definition) is 1. The van der Waals surface area contributed by atoms with Crippen LogP contribution in [0.5, 0.6) is 0 Å². The highest BCUT2D eigenvalue weighted by Gasteiger charge is 2.42. The van der Waals surface area contributed by atoms with Crippen molar-refractivity contribution in [3.05, 3.63) is 11.0 Å². The van der Waals surface area contributed by atoms with Gasteiger partial charge in [0.1, 0.15) is 0 Å². The Hall–Kier alpha value is 0.380. The number of allylic oxidation sites excluding steroid dienone is 2. The Labute approximate surface area is 83.7 Å². The third-order valence-electron chi connectivity index (χ3n) is 3.04. The van der Waals surface area contributed by atoms with E-state index in [2.05, 4.69) is 19.9 Å². The lowest BCUT2D eigenvalue weighted by Crippen LogP contribution is -2.39. The summed E-state index contributed by atoms with van der Waals surface area (Å²) in [4.78, 5) is 1.59. The zero-order valence-corrected chi connectivity index (χ0v) is 9.16. The molecule has 12 heavy (non-hydrogen) atoms. The molecule has 2 aliphatic heterocycles. The van der Waals surface area contributed by atoms with Crippen LogP contribution in [0, 0.1) is 11.8 Å². The lowest BCUT2D eigenvalue weighted by molar-refractivity contribution is 0.323. The molecule has 0 nitrogen and oxygen atoms in total. The van der Waals surface area contributed by atoms with Crippen LogP contribution in [0.1, 0.15) is 26.7 Å². The van der Waals surface area contributed by atoms with E-state index in [0.717, 1.165) is 11.8 Å². The van der Waals surface area contributed by atoms with Gasteiger partial charge in [0.25, 0.3) is 0 Å². The first-order valence-corrected chi connectivity index (χ1v) is 6.01. The lowest BCUT2D eigenvalue weighted by Gasteiger charge is -2.45. The van der Waals surface area contributed by atoms with E-state index >= 15 is 0 Å². The van der Waals surface area contributed by atoms with Crippen molar-refractivity contribution in [2.45, 2.75) is 37.3 Å². The predicted molar refractivity (Wildman–Crippen MR) is 56.7 cm³/mol. The molecule has 2 bridgehead atoms. The fourth-order valence-electron chi connectivity index (χ4n) is 2.42. The van der Waals surface area contributed by atoms with Crippen LogP contribution in [0.4, 0.5) is 0 Å². The average Bonchev–Trinajstić information content (AvgIpc) is 2.04. The maximum Gasteiger partial charge on any atom is 0.0466 e. The Kier molecular flexibility index (Phi) is 2.44. The zero-order chi connectivity index (χ0) is 8.72. The van der Waals surface area contributed by atoms with Crippen molar-refractivity contribution in [2.24, 2.45) is 11.8 Å². The molecule has 0 amide bonds. The minimum atomic E-state index is 0.424. The van der Waals surface area contributed by atoms with Gasteiger partial charge in [-0.1, -0.05) is 13.0 Å². The molecule has 1 aliphatic carbocycles. The predicted octanol–water partition coefficient (Wildman–Crippen LogP) is 3.66. The van der Waals surface area contributed by atoms with Crippen LogP contribution in [0.25, 0.3) is 0 Å². The maximum atomic E-state index is 6.28. The number of thioether (sulfide) groups is 1. The van der Waals surface area contributed by atoms with Crippen molar-refractivity contribution in [3.8, 4) is 0 Å². The summed E-state index contributed by atoms with van der Waals surface area (Å²) in [6.45, 7) is 4.49. The summed E-state index contributed by atoms with van der Waals surface area (Å²) in [5.74, 6) is 1.60. The average molecular weight is 203 g/mol. The number of rotatable bonds is 0. The maximum absolute atomic E-state index is 6.28. The van der Waals surface area contributed by atoms with Gasteiger partial charge < -0.3 is 0 Å². The third-order valence-corrected chi connectivity index (χ3v) is 5.55. The Bertz CT molecular complexity index is 200. The highest BCUT2D eigenvalue weighted by atomic mass is 35.5. The molecule has 3 fully saturated rings. The minimum Gasteiger partial charge on any atom is -0.125 e. The van der Waals surface area contributed by atoms with Crippen LogP contribution >= 0.6 is 23.4 Å². The van der Waals surface area contributed by atoms with E-state index in [0.29, 0.717) is 10.6 Å². The van der Waals surface area contributed by atoms with Gasteiger partial charge in [-0.05, 0) is 36.5 Å². The van der Waals surface area contributed by atoms with Crippen molar-refractivity contribution in [1.82, 2.24) is 0 Å². The number of hydrogen-bond donors (Lipinski definition) is 0. The van der Waals surface area contributed by atoms with Gasteiger partial charge in [-0.3, -0.25) is 0 Å². The molecule has 1 saturated carbocycles. The van der Waals surface area contributed by atoms with E-state index in [1.165, 1.54) is 12.8 Å². The highest BCUT2D eigenvalue weighted by molar-refractivity contribution is 8.03. The monoisotopic (exact) mass is 202 g/mol. The van der Waals surface area contributed by atoms with Crippen molar-refractivity contribution < 1.29 is 0 Å². The molecule has 4 atom stereocenters. The lowest BCUT2D eigenvalue weighted by atomic mass is 9.80. The Morgan fingerprint density at radius 2 is 2.25 bits per heavy atom. The topological polar surface area (TPSA) is 0 Å². The summed E-state index contributed by atoms with van der Waals surface area (Å²) in [6.07, 6.45) is 4.85. The van der Waals surface area contributed by atoms with Crippen LogP contribution in [0.15, 0.2) is 11.0 Å². The Morgan fingerprint density at radius 3 is 2.75 bits per heavy atom. The largest absolute Gasteiger partial charge is 0.125 e. The standard InChI is InChI=1S/C10H15ClS/c1-3-9-7-4-6(2)10(12-9)8(11)5-7/h3,6-8,10H,4-5H2,1-2H3/b9-3+/t6?,7-,8+,10+/m1/s1. The van der Waals surface area contributed by atoms with Crippen molar-refractivity contribution >= 4 is 23.4 Å². The molecule has 3 aliphatic rings. The molecule has 2 heterocycles. The smallest absolute Gasteiger partial charge is 0.0466 e. The van der Waals surface area contributed by atoms with Gasteiger partial charge in [-0.2, -0.15) is 0 Å². The first-order valence-electron chi connectivity index (χ1n) is 4.69. The molecule has 0 aromatic rings. The van der Waals surface area contributed by atoms with Gasteiger partial charge in [-0.15, -0.1) is 23.4 Å². The number of alkyl halides is 1. The summed E-state index contributed by atoms with van der Waals surface area (Å²) in [6, 6.07) is 0. The second-order valence-corrected chi connectivity index (χ2v) is 5.75. The molecule has 2 heteroatoms. The van der Waals surface area contributed by atoms with Crippen molar-refractivity contribution in [1.29, 1.82) is 0 Å². The van der Waals surface area contributed by atoms with Gasteiger partial charge in [0.05, 0.1) is 0 Å². The van der Waals surface area contributed by atoms with E-state index < -0.39 is 0 Å². The van der Waals surface area contributed by atoms with E-state index in [4.69, 9.17) is 11.6 Å². The van der Waals surface area contributed by atoms with Crippen LogP contribution in [-0.2, 0) is 0 Å². The summed E-state index contributed by atoms with van der Waals surface area (Å²) >= 11 is 8.31. The number of halogens is 1. The molecule has 0 radical (unpaired) electrons. The third kappa shape index (κ3) is 1.31. The summed E-state index contributed by atoms with van der Waals surface area (Å²) in [5.41, 5.74) is 0. The van der Waals surface area contributed by atoms with E-state index in [-0.39, 0.29) is 0 Å². The molecule has 2 saturated heterocycles.